The lowest BCUT2D eigenvalue weighted by atomic mass is 10.2. The Hall–Kier alpha value is -2.24. The van der Waals surface area contributed by atoms with E-state index in [1.165, 1.54) is 12.0 Å². The van der Waals surface area contributed by atoms with Crippen molar-refractivity contribution in [3.8, 4) is 0 Å². The molecule has 0 fully saturated rings. The summed E-state index contributed by atoms with van der Waals surface area (Å²) < 4.78 is 4.51. The number of carboxylic acids is 1. The summed E-state index contributed by atoms with van der Waals surface area (Å²) in [5.74, 6) is -1.56. The van der Waals surface area contributed by atoms with Gasteiger partial charge in [0, 0.05) is 0 Å². The van der Waals surface area contributed by atoms with Crippen molar-refractivity contribution in [3.05, 3.63) is 24.3 Å². The van der Waals surface area contributed by atoms with E-state index in [-0.39, 0.29) is 13.1 Å². The van der Waals surface area contributed by atoms with E-state index in [2.05, 4.69) is 4.74 Å². The van der Waals surface area contributed by atoms with Crippen molar-refractivity contribution in [2.75, 3.05) is 30.8 Å². The number of benzene rings is 1. The Morgan fingerprint density at radius 1 is 1.35 bits per heavy atom. The molecule has 0 radical (unpaired) electrons. The van der Waals surface area contributed by atoms with E-state index in [1.807, 2.05) is 0 Å². The van der Waals surface area contributed by atoms with Crippen molar-refractivity contribution in [3.63, 3.8) is 0 Å². The smallest absolute Gasteiger partial charge is 0.325 e. The van der Waals surface area contributed by atoms with Crippen LogP contribution in [0.25, 0.3) is 0 Å². The molecule has 0 saturated heterocycles. The number of ether oxygens (including phenoxy) is 1. The molecule has 6 nitrogen and oxygen atoms in total. The second-order valence-corrected chi connectivity index (χ2v) is 3.38. The van der Waals surface area contributed by atoms with E-state index in [1.54, 1.807) is 24.3 Å². The number of hydrogen-bond donors (Lipinski definition) is 2. The van der Waals surface area contributed by atoms with Gasteiger partial charge in [-0.05, 0) is 12.1 Å². The number of anilines is 2. The van der Waals surface area contributed by atoms with Crippen molar-refractivity contribution in [2.24, 2.45) is 0 Å². The predicted molar refractivity (Wildman–Crippen MR) is 62.7 cm³/mol. The molecular formula is C11H14N2O4. The summed E-state index contributed by atoms with van der Waals surface area (Å²) >= 11 is 0. The zero-order valence-electron chi connectivity index (χ0n) is 9.42. The van der Waals surface area contributed by atoms with Crippen molar-refractivity contribution in [1.82, 2.24) is 0 Å². The van der Waals surface area contributed by atoms with E-state index in [9.17, 15) is 9.59 Å². The zero-order valence-corrected chi connectivity index (χ0v) is 9.42. The second-order valence-electron chi connectivity index (χ2n) is 3.38. The average molecular weight is 238 g/mol. The summed E-state index contributed by atoms with van der Waals surface area (Å²) in [5, 5.41) is 8.79. The van der Waals surface area contributed by atoms with Gasteiger partial charge in [-0.25, -0.2) is 0 Å². The lowest BCUT2D eigenvalue weighted by Gasteiger charge is -2.22. The van der Waals surface area contributed by atoms with E-state index >= 15 is 0 Å². The summed E-state index contributed by atoms with van der Waals surface area (Å²) in [7, 11) is 1.25. The Labute approximate surface area is 98.6 Å². The molecule has 0 spiro atoms. The van der Waals surface area contributed by atoms with Crippen LogP contribution in [-0.2, 0) is 14.3 Å². The van der Waals surface area contributed by atoms with Gasteiger partial charge >= 0.3 is 11.9 Å². The molecule has 17 heavy (non-hydrogen) atoms. The first-order chi connectivity index (χ1) is 8.04. The number of hydrogen-bond acceptors (Lipinski definition) is 5. The Balaban J connectivity index is 2.93. The molecule has 0 amide bonds. The fourth-order valence-corrected chi connectivity index (χ4v) is 1.39. The quantitative estimate of drug-likeness (QED) is 0.567. The third-order valence-electron chi connectivity index (χ3n) is 2.15. The van der Waals surface area contributed by atoms with Crippen molar-refractivity contribution >= 4 is 23.3 Å². The van der Waals surface area contributed by atoms with Gasteiger partial charge in [0.2, 0.25) is 0 Å². The highest BCUT2D eigenvalue weighted by Crippen LogP contribution is 2.21. The van der Waals surface area contributed by atoms with Gasteiger partial charge < -0.3 is 20.5 Å². The third-order valence-corrected chi connectivity index (χ3v) is 2.15. The molecule has 0 bridgehead atoms. The Kier molecular flexibility index (Phi) is 4.33. The number of aliphatic carboxylic acids is 1. The fourth-order valence-electron chi connectivity index (χ4n) is 1.39. The van der Waals surface area contributed by atoms with Crippen molar-refractivity contribution < 1.29 is 19.4 Å². The van der Waals surface area contributed by atoms with Crippen LogP contribution in [0.2, 0.25) is 0 Å². The normalized spacial score (nSPS) is 9.71. The SMILES string of the molecule is COC(=O)CN(CC(=O)O)c1ccccc1N. The molecule has 6 heteroatoms. The van der Waals surface area contributed by atoms with Gasteiger partial charge in [0.05, 0.1) is 18.5 Å². The minimum absolute atomic E-state index is 0.156. The molecule has 1 aromatic carbocycles. The Bertz CT molecular complexity index is 420. The monoisotopic (exact) mass is 238 g/mol. The number of nitrogens with two attached hydrogens (primary N) is 1. The van der Waals surface area contributed by atoms with Crippen LogP contribution in [-0.4, -0.2) is 37.2 Å². The molecule has 3 N–H and O–H groups in total. The summed E-state index contributed by atoms with van der Waals surface area (Å²) in [6, 6.07) is 6.75. The van der Waals surface area contributed by atoms with E-state index in [0.717, 1.165) is 0 Å². The van der Waals surface area contributed by atoms with Gasteiger partial charge in [-0.1, -0.05) is 12.1 Å². The molecule has 0 aliphatic rings. The Morgan fingerprint density at radius 2 is 2.00 bits per heavy atom. The number of nitrogens with zero attached hydrogens (tertiary/aromatic N) is 1. The molecule has 0 unspecified atom stereocenters. The van der Waals surface area contributed by atoms with Crippen LogP contribution in [0.15, 0.2) is 24.3 Å². The topological polar surface area (TPSA) is 92.9 Å². The van der Waals surface area contributed by atoms with Gasteiger partial charge in [-0.3, -0.25) is 9.59 Å². The number of carboxylic acid groups (broad SMARTS) is 1. The van der Waals surface area contributed by atoms with Crippen LogP contribution in [0.3, 0.4) is 0 Å². The fraction of sp³-hybridized carbons (Fsp3) is 0.273. The highest BCUT2D eigenvalue weighted by Gasteiger charge is 2.16. The molecular weight excluding hydrogens is 224 g/mol. The van der Waals surface area contributed by atoms with E-state index in [0.29, 0.717) is 11.4 Å². The number of carbonyl (C=O) groups is 2. The summed E-state index contributed by atoms with van der Waals surface area (Å²) in [6.45, 7) is -0.472. The summed E-state index contributed by atoms with van der Waals surface area (Å²) in [4.78, 5) is 23.3. The predicted octanol–water partition coefficient (Wildman–Crippen LogP) is 0.333. The number of esters is 1. The standard InChI is InChI=1S/C11H14N2O4/c1-17-11(16)7-13(6-10(14)15)9-5-3-2-4-8(9)12/h2-5H,6-7,12H2,1H3,(H,14,15). The van der Waals surface area contributed by atoms with Crippen LogP contribution in [0, 0.1) is 0 Å². The van der Waals surface area contributed by atoms with Crippen LogP contribution >= 0.6 is 0 Å². The second kappa shape index (κ2) is 5.74. The van der Waals surface area contributed by atoms with Crippen LogP contribution < -0.4 is 10.6 Å². The van der Waals surface area contributed by atoms with Gasteiger partial charge in [0.1, 0.15) is 13.1 Å². The molecule has 1 aromatic rings. The van der Waals surface area contributed by atoms with Crippen LogP contribution in [0.1, 0.15) is 0 Å². The first-order valence-corrected chi connectivity index (χ1v) is 4.92. The van der Waals surface area contributed by atoms with Gasteiger partial charge in [0.15, 0.2) is 0 Å². The average Bonchev–Trinajstić information content (AvgIpc) is 2.28. The summed E-state index contributed by atoms with van der Waals surface area (Å²) in [6.07, 6.45) is 0. The maximum absolute atomic E-state index is 11.2. The minimum atomic E-state index is -1.04. The van der Waals surface area contributed by atoms with Crippen LogP contribution in [0.5, 0.6) is 0 Å². The first-order valence-electron chi connectivity index (χ1n) is 4.92. The number of para-hydroxylation sites is 2. The largest absolute Gasteiger partial charge is 0.480 e. The molecule has 0 aliphatic carbocycles. The molecule has 92 valence electrons. The molecule has 0 atom stereocenters. The number of nitrogen functional groups attached to an aromatic ring is 1. The van der Waals surface area contributed by atoms with Crippen molar-refractivity contribution in [2.45, 2.75) is 0 Å². The van der Waals surface area contributed by atoms with E-state index < -0.39 is 11.9 Å². The number of carbonyl (C=O) groups excluding carboxylic acids is 1. The number of methoxy groups -OCH3 is 1. The third kappa shape index (κ3) is 3.67. The minimum Gasteiger partial charge on any atom is -0.480 e. The maximum atomic E-state index is 11.2. The lowest BCUT2D eigenvalue weighted by molar-refractivity contribution is -0.139. The van der Waals surface area contributed by atoms with Crippen molar-refractivity contribution in [1.29, 1.82) is 0 Å². The van der Waals surface area contributed by atoms with Gasteiger partial charge in [0.25, 0.3) is 0 Å². The highest BCUT2D eigenvalue weighted by molar-refractivity contribution is 5.83. The summed E-state index contributed by atoms with van der Waals surface area (Å²) in [5.41, 5.74) is 6.64. The van der Waals surface area contributed by atoms with Crippen LogP contribution in [0.4, 0.5) is 11.4 Å². The van der Waals surface area contributed by atoms with E-state index in [4.69, 9.17) is 10.8 Å². The molecule has 0 aromatic heterocycles. The highest BCUT2D eigenvalue weighted by atomic mass is 16.5. The molecule has 0 saturated carbocycles. The van der Waals surface area contributed by atoms with Gasteiger partial charge in [-0.15, -0.1) is 0 Å². The number of rotatable bonds is 5. The first kappa shape index (κ1) is 12.8. The molecule has 0 aliphatic heterocycles. The zero-order chi connectivity index (χ0) is 12.8. The lowest BCUT2D eigenvalue weighted by Crippen LogP contribution is -2.35. The van der Waals surface area contributed by atoms with Gasteiger partial charge in [-0.2, -0.15) is 0 Å². The molecule has 1 rings (SSSR count). The Morgan fingerprint density at radius 3 is 2.53 bits per heavy atom. The maximum Gasteiger partial charge on any atom is 0.325 e. The molecule has 0 heterocycles.